The van der Waals surface area contributed by atoms with Crippen molar-refractivity contribution in [3.8, 4) is 11.1 Å². The van der Waals surface area contributed by atoms with Crippen LogP contribution < -0.4 is 11.3 Å². The van der Waals surface area contributed by atoms with Crippen molar-refractivity contribution < 1.29 is 0 Å². The van der Waals surface area contributed by atoms with Crippen LogP contribution in [0.25, 0.3) is 11.1 Å². The molecule has 1 saturated carbocycles. The Morgan fingerprint density at radius 1 is 1.16 bits per heavy atom. The summed E-state index contributed by atoms with van der Waals surface area (Å²) in [6.45, 7) is 0. The molecule has 1 heterocycles. The van der Waals surface area contributed by atoms with Gasteiger partial charge in [0.2, 0.25) is 0 Å². The first-order valence-corrected chi connectivity index (χ1v) is 6.18. The van der Waals surface area contributed by atoms with Crippen LogP contribution in [0.1, 0.15) is 17.9 Å². The summed E-state index contributed by atoms with van der Waals surface area (Å²) in [5.41, 5.74) is 9.19. The van der Waals surface area contributed by atoms with E-state index in [2.05, 4.69) is 24.3 Å². The summed E-state index contributed by atoms with van der Waals surface area (Å²) in [5, 5.41) is 0. The topological polar surface area (TPSA) is 48.0 Å². The average Bonchev–Trinajstić information content (AvgIpc) is 3.10. The molecule has 1 fully saturated rings. The molecule has 0 saturated heterocycles. The summed E-state index contributed by atoms with van der Waals surface area (Å²) in [7, 11) is 1.75. The average molecular weight is 277 g/mol. The molecule has 0 amide bonds. The van der Waals surface area contributed by atoms with Crippen molar-refractivity contribution in [2.24, 2.45) is 12.8 Å². The zero-order valence-electron chi connectivity index (χ0n) is 10.7. The second kappa shape index (κ2) is 5.19. The number of hydrogen-bond acceptors (Lipinski definition) is 2. The van der Waals surface area contributed by atoms with Crippen LogP contribution in [0.15, 0.2) is 47.4 Å². The largest absolute Gasteiger partial charge is 0.327 e. The molecule has 0 radical (unpaired) electrons. The van der Waals surface area contributed by atoms with Gasteiger partial charge in [-0.2, -0.15) is 0 Å². The minimum Gasteiger partial charge on any atom is -0.327 e. The molecule has 2 aromatic rings. The number of nitrogens with zero attached hydrogens (tertiary/aromatic N) is 1. The van der Waals surface area contributed by atoms with Crippen molar-refractivity contribution in [3.05, 3.63) is 58.5 Å². The third-order valence-electron chi connectivity index (χ3n) is 3.62. The molecule has 3 nitrogen and oxygen atoms in total. The molecule has 19 heavy (non-hydrogen) atoms. The minimum absolute atomic E-state index is 0. The van der Waals surface area contributed by atoms with E-state index in [1.165, 1.54) is 5.56 Å². The van der Waals surface area contributed by atoms with Crippen LogP contribution in [-0.2, 0) is 7.05 Å². The van der Waals surface area contributed by atoms with E-state index in [-0.39, 0.29) is 18.0 Å². The van der Waals surface area contributed by atoms with Crippen LogP contribution in [0, 0.1) is 0 Å². The van der Waals surface area contributed by atoms with Gasteiger partial charge in [-0.15, -0.1) is 12.4 Å². The van der Waals surface area contributed by atoms with Crippen LogP contribution >= 0.6 is 12.4 Å². The Hall–Kier alpha value is -1.58. The maximum atomic E-state index is 11.6. The van der Waals surface area contributed by atoms with Gasteiger partial charge in [-0.1, -0.05) is 24.3 Å². The number of benzene rings is 1. The van der Waals surface area contributed by atoms with Crippen LogP contribution in [0.2, 0.25) is 0 Å². The Morgan fingerprint density at radius 2 is 1.79 bits per heavy atom. The molecule has 2 atom stereocenters. The standard InChI is InChI=1S/C15H16N2O.ClH/c1-17-7-6-12(8-15(17)18)10-2-4-11(5-3-10)13-9-14(13)16;/h2-8,13-14H,9,16H2,1H3;1H. The molecule has 0 spiro atoms. The number of hydrogen-bond donors (Lipinski definition) is 1. The van der Waals surface area contributed by atoms with Gasteiger partial charge in [-0.3, -0.25) is 4.79 Å². The first-order chi connectivity index (χ1) is 8.65. The van der Waals surface area contributed by atoms with E-state index in [9.17, 15) is 4.79 Å². The summed E-state index contributed by atoms with van der Waals surface area (Å²) in [4.78, 5) is 11.6. The van der Waals surface area contributed by atoms with Gasteiger partial charge in [0.15, 0.2) is 0 Å². The molecule has 1 aliphatic carbocycles. The van der Waals surface area contributed by atoms with Crippen molar-refractivity contribution in [3.63, 3.8) is 0 Å². The lowest BCUT2D eigenvalue weighted by molar-refractivity contribution is 0.861. The van der Waals surface area contributed by atoms with Gasteiger partial charge in [0.05, 0.1) is 0 Å². The summed E-state index contributed by atoms with van der Waals surface area (Å²) in [6.07, 6.45) is 2.88. The van der Waals surface area contributed by atoms with E-state index in [1.54, 1.807) is 23.9 Å². The Kier molecular flexibility index (Phi) is 3.78. The van der Waals surface area contributed by atoms with E-state index in [0.717, 1.165) is 17.5 Å². The van der Waals surface area contributed by atoms with Gasteiger partial charge in [-0.25, -0.2) is 0 Å². The molecular formula is C15H17ClN2O. The first kappa shape index (κ1) is 13.8. The van der Waals surface area contributed by atoms with Gasteiger partial charge >= 0.3 is 0 Å². The molecule has 2 unspecified atom stereocenters. The van der Waals surface area contributed by atoms with Gasteiger partial charge in [0.1, 0.15) is 0 Å². The molecule has 0 bridgehead atoms. The van der Waals surface area contributed by atoms with E-state index in [4.69, 9.17) is 5.73 Å². The highest BCUT2D eigenvalue weighted by Gasteiger charge is 2.34. The first-order valence-electron chi connectivity index (χ1n) is 6.18. The summed E-state index contributed by atoms with van der Waals surface area (Å²) in [5.74, 6) is 0.530. The maximum absolute atomic E-state index is 11.6. The number of aryl methyl sites for hydroxylation is 1. The highest BCUT2D eigenvalue weighted by Crippen LogP contribution is 2.39. The predicted octanol–water partition coefficient (Wildman–Crippen LogP) is 2.29. The Labute approximate surface area is 118 Å². The van der Waals surface area contributed by atoms with Crippen molar-refractivity contribution in [1.82, 2.24) is 4.57 Å². The summed E-state index contributed by atoms with van der Waals surface area (Å²) >= 11 is 0. The highest BCUT2D eigenvalue weighted by atomic mass is 35.5. The maximum Gasteiger partial charge on any atom is 0.250 e. The molecule has 0 aliphatic heterocycles. The van der Waals surface area contributed by atoms with E-state index in [1.807, 2.05) is 6.07 Å². The van der Waals surface area contributed by atoms with Crippen LogP contribution in [0.5, 0.6) is 0 Å². The van der Waals surface area contributed by atoms with E-state index >= 15 is 0 Å². The van der Waals surface area contributed by atoms with Crippen molar-refractivity contribution in [1.29, 1.82) is 0 Å². The number of halogens is 1. The lowest BCUT2D eigenvalue weighted by Crippen LogP contribution is -2.14. The fourth-order valence-electron chi connectivity index (χ4n) is 2.25. The quantitative estimate of drug-likeness (QED) is 0.915. The Morgan fingerprint density at radius 3 is 2.32 bits per heavy atom. The second-order valence-electron chi connectivity index (χ2n) is 4.99. The number of rotatable bonds is 2. The number of pyridine rings is 1. The molecule has 1 aromatic heterocycles. The summed E-state index contributed by atoms with van der Waals surface area (Å²) < 4.78 is 1.57. The van der Waals surface area contributed by atoms with Crippen LogP contribution in [0.4, 0.5) is 0 Å². The second-order valence-corrected chi connectivity index (χ2v) is 4.99. The van der Waals surface area contributed by atoms with Gasteiger partial charge in [0, 0.05) is 31.3 Å². The normalized spacial score (nSPS) is 20.7. The third kappa shape index (κ3) is 2.72. The molecule has 3 rings (SSSR count). The molecule has 1 aliphatic rings. The van der Waals surface area contributed by atoms with Gasteiger partial charge < -0.3 is 10.3 Å². The Balaban J connectivity index is 0.00000133. The third-order valence-corrected chi connectivity index (χ3v) is 3.62. The summed E-state index contributed by atoms with van der Waals surface area (Å²) in [6, 6.07) is 12.3. The lowest BCUT2D eigenvalue weighted by Gasteiger charge is -2.04. The monoisotopic (exact) mass is 276 g/mol. The number of aromatic nitrogens is 1. The van der Waals surface area contributed by atoms with Crippen molar-refractivity contribution >= 4 is 12.4 Å². The predicted molar refractivity (Wildman–Crippen MR) is 79.7 cm³/mol. The molecule has 4 heteroatoms. The van der Waals surface area contributed by atoms with Crippen LogP contribution in [-0.4, -0.2) is 10.6 Å². The SMILES string of the molecule is Cl.Cn1ccc(-c2ccc(C3CC3N)cc2)cc1=O. The molecule has 2 N–H and O–H groups in total. The van der Waals surface area contributed by atoms with Crippen LogP contribution in [0.3, 0.4) is 0 Å². The molecule has 100 valence electrons. The fraction of sp³-hybridized carbons (Fsp3) is 0.267. The molecule has 1 aromatic carbocycles. The van der Waals surface area contributed by atoms with Gasteiger partial charge in [0.25, 0.3) is 5.56 Å². The zero-order chi connectivity index (χ0) is 12.7. The van der Waals surface area contributed by atoms with Crippen molar-refractivity contribution in [2.45, 2.75) is 18.4 Å². The zero-order valence-corrected chi connectivity index (χ0v) is 11.6. The highest BCUT2D eigenvalue weighted by molar-refractivity contribution is 5.85. The smallest absolute Gasteiger partial charge is 0.250 e. The Bertz CT molecular complexity index is 633. The fourth-order valence-corrected chi connectivity index (χ4v) is 2.25. The number of nitrogens with two attached hydrogens (primary N) is 1. The molecular weight excluding hydrogens is 260 g/mol. The van der Waals surface area contributed by atoms with Gasteiger partial charge in [-0.05, 0) is 29.2 Å². The van der Waals surface area contributed by atoms with Crippen molar-refractivity contribution in [2.75, 3.05) is 0 Å². The van der Waals surface area contributed by atoms with E-state index < -0.39 is 0 Å². The lowest BCUT2D eigenvalue weighted by atomic mass is 10.0. The van der Waals surface area contributed by atoms with E-state index in [0.29, 0.717) is 12.0 Å². The minimum atomic E-state index is 0.